The van der Waals surface area contributed by atoms with Gasteiger partial charge in [0.2, 0.25) is 10.0 Å². The van der Waals surface area contributed by atoms with Gasteiger partial charge in [-0.1, -0.05) is 0 Å². The standard InChI is InChI=1S/C12H20N4O2S/c1-10(16-6-2-3-7-16)9-15-19(17,18)11-4-5-14-12(13)8-11/h4-5,8,10,15H,2-3,6-7,9H2,1H3,(H2,13,14). The summed E-state index contributed by atoms with van der Waals surface area (Å²) in [6.07, 6.45) is 3.78. The van der Waals surface area contributed by atoms with E-state index >= 15 is 0 Å². The number of hydrogen-bond acceptors (Lipinski definition) is 5. The second kappa shape index (κ2) is 5.85. The van der Waals surface area contributed by atoms with Crippen molar-refractivity contribution in [1.29, 1.82) is 0 Å². The molecule has 19 heavy (non-hydrogen) atoms. The lowest BCUT2D eigenvalue weighted by Gasteiger charge is -2.23. The van der Waals surface area contributed by atoms with Crippen molar-refractivity contribution >= 4 is 15.8 Å². The molecule has 0 bridgehead atoms. The molecular weight excluding hydrogens is 264 g/mol. The molecule has 2 heterocycles. The Labute approximate surface area is 114 Å². The predicted octanol–water partition coefficient (Wildman–Crippen LogP) is 0.426. The Morgan fingerprint density at radius 1 is 1.47 bits per heavy atom. The van der Waals surface area contributed by atoms with Crippen LogP contribution in [-0.4, -0.2) is 44.0 Å². The van der Waals surface area contributed by atoms with Crippen molar-refractivity contribution < 1.29 is 8.42 Å². The highest BCUT2D eigenvalue weighted by Crippen LogP contribution is 2.13. The van der Waals surface area contributed by atoms with Gasteiger partial charge in [0.05, 0.1) is 4.90 Å². The number of nitrogens with zero attached hydrogens (tertiary/aromatic N) is 2. The maximum absolute atomic E-state index is 12.1. The number of nitrogens with two attached hydrogens (primary N) is 1. The molecule has 1 atom stereocenters. The van der Waals surface area contributed by atoms with E-state index in [-0.39, 0.29) is 16.8 Å². The molecule has 0 spiro atoms. The number of nitrogen functional groups attached to an aromatic ring is 1. The summed E-state index contributed by atoms with van der Waals surface area (Å²) in [5.41, 5.74) is 5.50. The van der Waals surface area contributed by atoms with Gasteiger partial charge in [0.25, 0.3) is 0 Å². The molecular formula is C12H20N4O2S. The number of rotatable bonds is 5. The third-order valence-electron chi connectivity index (χ3n) is 3.40. The molecule has 0 saturated carbocycles. The molecule has 7 heteroatoms. The number of likely N-dealkylation sites (tertiary alicyclic amines) is 1. The third kappa shape index (κ3) is 3.65. The molecule has 3 N–H and O–H groups in total. The summed E-state index contributed by atoms with van der Waals surface area (Å²) in [6, 6.07) is 3.01. The molecule has 1 aromatic rings. The maximum Gasteiger partial charge on any atom is 0.240 e. The van der Waals surface area contributed by atoms with Gasteiger partial charge in [-0.2, -0.15) is 0 Å². The SMILES string of the molecule is CC(CNS(=O)(=O)c1ccnc(N)c1)N1CCCC1. The van der Waals surface area contributed by atoms with E-state index in [9.17, 15) is 8.42 Å². The van der Waals surface area contributed by atoms with Crippen LogP contribution in [0.5, 0.6) is 0 Å². The minimum atomic E-state index is -3.50. The minimum Gasteiger partial charge on any atom is -0.384 e. The summed E-state index contributed by atoms with van der Waals surface area (Å²) in [5, 5.41) is 0. The van der Waals surface area contributed by atoms with Crippen molar-refractivity contribution in [2.45, 2.75) is 30.7 Å². The monoisotopic (exact) mass is 284 g/mol. The zero-order valence-corrected chi connectivity index (χ0v) is 11.9. The Bertz CT molecular complexity index is 526. The fourth-order valence-electron chi connectivity index (χ4n) is 2.22. The third-order valence-corrected chi connectivity index (χ3v) is 4.82. The summed E-state index contributed by atoms with van der Waals surface area (Å²) in [6.45, 7) is 4.54. The first kappa shape index (κ1) is 14.2. The van der Waals surface area contributed by atoms with E-state index in [1.165, 1.54) is 31.2 Å². The molecule has 0 aliphatic carbocycles. The molecule has 1 unspecified atom stereocenters. The van der Waals surface area contributed by atoms with Crippen molar-refractivity contribution in [3.8, 4) is 0 Å². The first-order chi connectivity index (χ1) is 8.99. The zero-order chi connectivity index (χ0) is 13.9. The van der Waals surface area contributed by atoms with Crippen LogP contribution in [0.15, 0.2) is 23.2 Å². The highest BCUT2D eigenvalue weighted by atomic mass is 32.2. The molecule has 6 nitrogen and oxygen atoms in total. The molecule has 1 aliphatic heterocycles. The van der Waals surface area contributed by atoms with Crippen LogP contribution in [0.4, 0.5) is 5.82 Å². The topological polar surface area (TPSA) is 88.3 Å². The Morgan fingerprint density at radius 3 is 2.79 bits per heavy atom. The quantitative estimate of drug-likeness (QED) is 0.818. The van der Waals surface area contributed by atoms with Crippen LogP contribution in [-0.2, 0) is 10.0 Å². The van der Waals surface area contributed by atoms with Crippen LogP contribution >= 0.6 is 0 Å². The lowest BCUT2D eigenvalue weighted by molar-refractivity contribution is 0.260. The van der Waals surface area contributed by atoms with Gasteiger partial charge in [-0.15, -0.1) is 0 Å². The van der Waals surface area contributed by atoms with Gasteiger partial charge in [-0.25, -0.2) is 18.1 Å². The van der Waals surface area contributed by atoms with E-state index in [4.69, 9.17) is 5.73 Å². The maximum atomic E-state index is 12.1. The molecule has 1 aliphatic rings. The summed E-state index contributed by atoms with van der Waals surface area (Å²) in [5.74, 6) is 0.204. The smallest absolute Gasteiger partial charge is 0.240 e. The number of pyridine rings is 1. The summed E-state index contributed by atoms with van der Waals surface area (Å²) < 4.78 is 26.8. The minimum absolute atomic E-state index is 0.161. The second-order valence-corrected chi connectivity index (χ2v) is 6.63. The molecule has 1 fully saturated rings. The second-order valence-electron chi connectivity index (χ2n) is 4.86. The highest BCUT2D eigenvalue weighted by molar-refractivity contribution is 7.89. The van der Waals surface area contributed by atoms with Gasteiger partial charge in [0, 0.05) is 24.8 Å². The lowest BCUT2D eigenvalue weighted by atomic mass is 10.3. The van der Waals surface area contributed by atoms with E-state index in [0.29, 0.717) is 6.54 Å². The molecule has 0 amide bonds. The van der Waals surface area contributed by atoms with Crippen molar-refractivity contribution in [3.05, 3.63) is 18.3 Å². The molecule has 2 rings (SSSR count). The van der Waals surface area contributed by atoms with E-state index in [1.54, 1.807) is 0 Å². The lowest BCUT2D eigenvalue weighted by Crippen LogP contribution is -2.40. The van der Waals surface area contributed by atoms with Crippen molar-refractivity contribution in [2.24, 2.45) is 0 Å². The molecule has 106 valence electrons. The van der Waals surface area contributed by atoms with Gasteiger partial charge in [0.15, 0.2) is 0 Å². The first-order valence-electron chi connectivity index (χ1n) is 6.44. The Morgan fingerprint density at radius 2 is 2.16 bits per heavy atom. The van der Waals surface area contributed by atoms with Gasteiger partial charge in [0.1, 0.15) is 5.82 Å². The normalized spacial score (nSPS) is 18.6. The molecule has 0 radical (unpaired) electrons. The van der Waals surface area contributed by atoms with Crippen molar-refractivity contribution in [3.63, 3.8) is 0 Å². The number of nitrogens with one attached hydrogen (secondary N) is 1. The van der Waals surface area contributed by atoms with E-state index < -0.39 is 10.0 Å². The average molecular weight is 284 g/mol. The molecule has 1 aromatic heterocycles. The Balaban J connectivity index is 1.97. The van der Waals surface area contributed by atoms with E-state index in [2.05, 4.69) is 14.6 Å². The summed E-state index contributed by atoms with van der Waals surface area (Å²) in [4.78, 5) is 6.24. The predicted molar refractivity (Wildman–Crippen MR) is 74.1 cm³/mol. The van der Waals surface area contributed by atoms with Gasteiger partial charge < -0.3 is 5.73 Å². The Kier molecular flexibility index (Phi) is 4.38. The van der Waals surface area contributed by atoms with Crippen LogP contribution < -0.4 is 10.5 Å². The Hall–Kier alpha value is -1.18. The van der Waals surface area contributed by atoms with Crippen LogP contribution in [0.1, 0.15) is 19.8 Å². The highest BCUT2D eigenvalue weighted by Gasteiger charge is 2.21. The number of sulfonamides is 1. The van der Waals surface area contributed by atoms with Crippen LogP contribution in [0.3, 0.4) is 0 Å². The first-order valence-corrected chi connectivity index (χ1v) is 7.92. The van der Waals surface area contributed by atoms with Crippen molar-refractivity contribution in [2.75, 3.05) is 25.4 Å². The number of anilines is 1. The molecule has 1 saturated heterocycles. The van der Waals surface area contributed by atoms with E-state index in [1.807, 2.05) is 6.92 Å². The summed E-state index contributed by atoms with van der Waals surface area (Å²) >= 11 is 0. The molecule has 0 aromatic carbocycles. The fourth-order valence-corrected chi connectivity index (χ4v) is 3.36. The van der Waals surface area contributed by atoms with Gasteiger partial charge in [-0.05, 0) is 38.9 Å². The van der Waals surface area contributed by atoms with Gasteiger partial charge >= 0.3 is 0 Å². The van der Waals surface area contributed by atoms with Gasteiger partial charge in [-0.3, -0.25) is 4.90 Å². The number of hydrogen-bond donors (Lipinski definition) is 2. The average Bonchev–Trinajstić information content (AvgIpc) is 2.90. The zero-order valence-electron chi connectivity index (χ0n) is 11.0. The number of aromatic nitrogens is 1. The largest absolute Gasteiger partial charge is 0.384 e. The fraction of sp³-hybridized carbons (Fsp3) is 0.583. The van der Waals surface area contributed by atoms with E-state index in [0.717, 1.165) is 13.1 Å². The summed E-state index contributed by atoms with van der Waals surface area (Å²) in [7, 11) is -3.50. The van der Waals surface area contributed by atoms with Crippen LogP contribution in [0.25, 0.3) is 0 Å². The van der Waals surface area contributed by atoms with Crippen LogP contribution in [0.2, 0.25) is 0 Å². The van der Waals surface area contributed by atoms with Crippen molar-refractivity contribution in [1.82, 2.24) is 14.6 Å². The van der Waals surface area contributed by atoms with Crippen LogP contribution in [0, 0.1) is 0 Å².